The summed E-state index contributed by atoms with van der Waals surface area (Å²) in [6, 6.07) is 65.9. The summed E-state index contributed by atoms with van der Waals surface area (Å²) in [6.07, 6.45) is 1.97. The molecule has 0 saturated carbocycles. The minimum atomic E-state index is -3.98. The first-order chi connectivity index (χ1) is 45.7. The highest BCUT2D eigenvalue weighted by Crippen LogP contribution is 2.34. The Bertz CT molecular complexity index is 4060. The SMILES string of the molecule is Cc1ccc(S(=O)(=O)N2CCCN(Cc3cccc(C(c4ccccc4)c4cccc(CN5CCCN(S(=O)(=O)c6ccc(C)cc6)Cc6cccc(n6)CN(S(=O)(=O)c6ccc(C)cc6)CCC5)c4)c3)CCCN(S(=O)(=O)c3ccc(C)cc3)Cc3cccc(n3)C2)cc1. The largest absolute Gasteiger partial charge is 0.299 e. The molecule has 0 unspecified atom stereocenters. The van der Waals surface area contributed by atoms with E-state index >= 15 is 0 Å². The predicted octanol–water partition coefficient (Wildman–Crippen LogP) is 12.2. The van der Waals surface area contributed by atoms with E-state index in [1.807, 2.05) is 58.0 Å². The average molecular weight is 1350 g/mol. The maximum atomic E-state index is 14.6. The van der Waals surface area contributed by atoms with Crippen molar-refractivity contribution in [3.63, 3.8) is 0 Å². The van der Waals surface area contributed by atoms with E-state index < -0.39 is 40.1 Å². The Hall–Kier alpha value is -7.60. The smallest absolute Gasteiger partial charge is 0.243 e. The molecular weight excluding hydrogens is 1270 g/mol. The third kappa shape index (κ3) is 17.3. The molecule has 0 fully saturated rings. The van der Waals surface area contributed by atoms with Crippen LogP contribution in [-0.2, 0) is 79.4 Å². The van der Waals surface area contributed by atoms with Gasteiger partial charge < -0.3 is 0 Å². The van der Waals surface area contributed by atoms with E-state index in [9.17, 15) is 33.7 Å². The maximum Gasteiger partial charge on any atom is 0.243 e. The number of fused-ring (bicyclic) bond motifs is 4. The van der Waals surface area contributed by atoms with Crippen molar-refractivity contribution in [1.29, 1.82) is 0 Å². The van der Waals surface area contributed by atoms with Crippen molar-refractivity contribution >= 4 is 40.1 Å². The molecule has 4 bridgehead atoms. The summed E-state index contributed by atoms with van der Waals surface area (Å²) in [6.45, 7) is 11.7. The zero-order valence-corrected chi connectivity index (χ0v) is 57.8. The van der Waals surface area contributed by atoms with Gasteiger partial charge in [0.25, 0.3) is 0 Å². The van der Waals surface area contributed by atoms with Gasteiger partial charge in [0.05, 0.1) is 68.5 Å². The monoisotopic (exact) mass is 1350 g/mol. The number of rotatable bonds is 15. The van der Waals surface area contributed by atoms with Gasteiger partial charge in [0.1, 0.15) is 0 Å². The van der Waals surface area contributed by atoms with Crippen molar-refractivity contribution in [1.82, 2.24) is 37.0 Å². The zero-order chi connectivity index (χ0) is 66.7. The highest BCUT2D eigenvalue weighted by molar-refractivity contribution is 7.90. The molecule has 2 aliphatic rings. The van der Waals surface area contributed by atoms with Crippen LogP contribution in [0.5, 0.6) is 0 Å². The Morgan fingerprint density at radius 1 is 0.305 bits per heavy atom. The second-order valence-corrected chi connectivity index (χ2v) is 32.9. The molecule has 95 heavy (non-hydrogen) atoms. The molecule has 11 rings (SSSR count). The van der Waals surface area contributed by atoms with Crippen molar-refractivity contribution in [2.24, 2.45) is 0 Å². The van der Waals surface area contributed by atoms with E-state index in [2.05, 4.69) is 70.5 Å². The minimum absolute atomic E-state index is 0.00484. The zero-order valence-electron chi connectivity index (χ0n) is 54.5. The first-order valence-corrected chi connectivity index (χ1v) is 38.3. The minimum Gasteiger partial charge on any atom is -0.299 e. The molecule has 0 radical (unpaired) electrons. The lowest BCUT2D eigenvalue weighted by atomic mass is 9.84. The molecule has 2 aliphatic heterocycles. The average Bonchev–Trinajstić information content (AvgIpc) is 0.908. The standard InChI is InChI=1S/C75H84N8O8S4/c1-58-26-34-71(35-27-58)92(84,85)80-46-12-42-78(43-13-47-81(55-68-23-10-22-67(54-80)76-68)93(86,87)72-36-28-59(2)29-37-72)52-62-16-8-20-65(50-62)75(64-18-6-5-7-19-64)66-21-9-17-63(51-66)53-79-44-14-48-82(94(88,89)73-38-30-60(3)31-39-73)56-69-24-11-25-70(77-69)57-83(49-15-45-79)95(90,91)74-40-32-61(4)33-41-74/h5-11,16-41,50-51,75H,12-15,42-49,52-57H2,1-4H3. The quantitative estimate of drug-likeness (QED) is 0.0887. The molecule has 2 aromatic heterocycles. The van der Waals surface area contributed by atoms with Crippen LogP contribution in [-0.4, -0.2) is 123 Å². The second kappa shape index (κ2) is 30.6. The van der Waals surface area contributed by atoms with Gasteiger partial charge in [0.2, 0.25) is 40.1 Å². The molecule has 4 heterocycles. The Morgan fingerprint density at radius 3 is 0.853 bits per heavy atom. The van der Waals surface area contributed by atoms with Crippen LogP contribution in [0.4, 0.5) is 0 Å². The molecule has 0 atom stereocenters. The van der Waals surface area contributed by atoms with E-state index in [4.69, 9.17) is 9.97 Å². The second-order valence-electron chi connectivity index (χ2n) is 25.1. The Kier molecular flexibility index (Phi) is 22.2. The van der Waals surface area contributed by atoms with Gasteiger partial charge in [-0.05, 0) is 180 Å². The molecule has 20 heteroatoms. The summed E-state index contributed by atoms with van der Waals surface area (Å²) in [5.74, 6) is -0.201. The highest BCUT2D eigenvalue weighted by atomic mass is 32.2. The van der Waals surface area contributed by atoms with Gasteiger partial charge in [-0.25, -0.2) is 33.7 Å². The van der Waals surface area contributed by atoms with E-state index in [0.29, 0.717) is 87.7 Å². The summed E-state index contributed by atoms with van der Waals surface area (Å²) in [5.41, 5.74) is 11.2. The van der Waals surface area contributed by atoms with Crippen LogP contribution in [0.15, 0.2) is 232 Å². The van der Waals surface area contributed by atoms with Gasteiger partial charge in [0, 0.05) is 45.2 Å². The molecule has 9 aromatic rings. The van der Waals surface area contributed by atoms with Gasteiger partial charge in [-0.2, -0.15) is 17.2 Å². The van der Waals surface area contributed by atoms with E-state index in [-0.39, 0.29) is 77.9 Å². The topological polar surface area (TPSA) is 182 Å². The number of benzene rings is 7. The van der Waals surface area contributed by atoms with Crippen molar-refractivity contribution in [3.8, 4) is 0 Å². The van der Waals surface area contributed by atoms with Gasteiger partial charge in [-0.15, -0.1) is 0 Å². The Balaban J connectivity index is 0.881. The summed E-state index contributed by atoms with van der Waals surface area (Å²) in [5, 5.41) is 0. The summed E-state index contributed by atoms with van der Waals surface area (Å²) >= 11 is 0. The first kappa shape index (κ1) is 68.8. The summed E-state index contributed by atoms with van der Waals surface area (Å²) in [4.78, 5) is 15.1. The van der Waals surface area contributed by atoms with Gasteiger partial charge in [-0.1, -0.05) is 162 Å². The Morgan fingerprint density at radius 2 is 0.568 bits per heavy atom. The van der Waals surface area contributed by atoms with Crippen molar-refractivity contribution in [3.05, 3.63) is 285 Å². The third-order valence-electron chi connectivity index (χ3n) is 17.8. The van der Waals surface area contributed by atoms with Gasteiger partial charge >= 0.3 is 0 Å². The molecule has 496 valence electrons. The number of aromatic nitrogens is 2. The van der Waals surface area contributed by atoms with Gasteiger partial charge in [0.15, 0.2) is 0 Å². The van der Waals surface area contributed by atoms with Gasteiger partial charge in [-0.3, -0.25) is 19.8 Å². The third-order valence-corrected chi connectivity index (χ3v) is 25.2. The number of hydrogen-bond donors (Lipinski definition) is 0. The molecule has 0 amide bonds. The van der Waals surface area contributed by atoms with Crippen molar-refractivity contribution in [2.75, 3.05) is 52.4 Å². The normalized spacial score (nSPS) is 16.6. The predicted molar refractivity (Wildman–Crippen MR) is 373 cm³/mol. The lowest BCUT2D eigenvalue weighted by molar-refractivity contribution is 0.237. The lowest BCUT2D eigenvalue weighted by Crippen LogP contribution is -2.37. The summed E-state index contributed by atoms with van der Waals surface area (Å²) < 4.78 is 123. The molecule has 16 nitrogen and oxygen atoms in total. The number of nitrogens with zero attached hydrogens (tertiary/aromatic N) is 8. The van der Waals surface area contributed by atoms with E-state index in [0.717, 1.165) is 50.1 Å². The van der Waals surface area contributed by atoms with E-state index in [1.165, 1.54) is 17.2 Å². The van der Waals surface area contributed by atoms with Crippen LogP contribution in [0.25, 0.3) is 0 Å². The fourth-order valence-corrected chi connectivity index (χ4v) is 18.4. The molecular formula is C75H84N8O8S4. The molecule has 0 spiro atoms. The summed E-state index contributed by atoms with van der Waals surface area (Å²) in [7, 11) is -15.9. The first-order valence-electron chi connectivity index (χ1n) is 32.5. The molecule has 0 saturated heterocycles. The number of aryl methyl sites for hydroxylation is 4. The van der Waals surface area contributed by atoms with Crippen LogP contribution < -0.4 is 0 Å². The van der Waals surface area contributed by atoms with Crippen molar-refractivity contribution in [2.45, 2.75) is 118 Å². The van der Waals surface area contributed by atoms with Crippen LogP contribution >= 0.6 is 0 Å². The number of sulfonamides is 4. The van der Waals surface area contributed by atoms with Crippen LogP contribution in [0, 0.1) is 27.7 Å². The highest BCUT2D eigenvalue weighted by Gasteiger charge is 2.31. The van der Waals surface area contributed by atoms with Crippen LogP contribution in [0.2, 0.25) is 0 Å². The van der Waals surface area contributed by atoms with Crippen LogP contribution in [0.3, 0.4) is 0 Å². The van der Waals surface area contributed by atoms with Crippen molar-refractivity contribution < 1.29 is 33.7 Å². The molecule has 0 aliphatic carbocycles. The maximum absolute atomic E-state index is 14.6. The molecule has 0 N–H and O–H groups in total. The fourth-order valence-electron chi connectivity index (χ4n) is 12.6. The van der Waals surface area contributed by atoms with Crippen LogP contribution in [0.1, 0.15) is 104 Å². The molecule has 7 aromatic carbocycles. The lowest BCUT2D eigenvalue weighted by Gasteiger charge is -2.29. The van der Waals surface area contributed by atoms with E-state index in [1.54, 1.807) is 121 Å². The number of pyridine rings is 2. The Labute approximate surface area is 562 Å². The number of hydrogen-bond acceptors (Lipinski definition) is 12. The fraction of sp³-hybridized carbons (Fsp3) is 0.307.